The maximum absolute atomic E-state index is 13.2. The number of carbonyl (C=O) groups excluding carboxylic acids is 1. The molecule has 1 unspecified atom stereocenters. The first kappa shape index (κ1) is 16.4. The third kappa shape index (κ3) is 1.91. The van der Waals surface area contributed by atoms with Crippen LogP contribution < -0.4 is 18.9 Å². The van der Waals surface area contributed by atoms with E-state index in [1.807, 2.05) is 6.07 Å². The molecule has 7 heteroatoms. The number of hydrogen-bond acceptors (Lipinski definition) is 7. The molecule has 0 fully saturated rings. The Morgan fingerprint density at radius 2 is 1.62 bits per heavy atom. The lowest BCUT2D eigenvalue weighted by atomic mass is 9.60. The number of rotatable bonds is 3. The average Bonchev–Trinajstić information content (AvgIpc) is 2.64. The van der Waals surface area contributed by atoms with Crippen LogP contribution in [0.3, 0.4) is 0 Å². The number of ketones is 1. The quantitative estimate of drug-likeness (QED) is 0.812. The number of aromatic hydroxyl groups is 2. The fourth-order valence-corrected chi connectivity index (χ4v) is 3.76. The van der Waals surface area contributed by atoms with Crippen molar-refractivity contribution in [3.63, 3.8) is 0 Å². The van der Waals surface area contributed by atoms with E-state index in [1.54, 1.807) is 13.2 Å². The number of ether oxygens (including phenoxy) is 4. The van der Waals surface area contributed by atoms with Crippen LogP contribution in [0.4, 0.5) is 0 Å². The summed E-state index contributed by atoms with van der Waals surface area (Å²) in [6.45, 7) is 0.134. The van der Waals surface area contributed by atoms with E-state index in [4.69, 9.17) is 18.9 Å². The van der Waals surface area contributed by atoms with E-state index in [9.17, 15) is 15.0 Å². The minimum atomic E-state index is -0.916. The predicted molar refractivity (Wildman–Crippen MR) is 91.1 cm³/mol. The van der Waals surface area contributed by atoms with E-state index in [2.05, 4.69) is 0 Å². The van der Waals surface area contributed by atoms with Gasteiger partial charge < -0.3 is 29.2 Å². The Morgan fingerprint density at radius 3 is 2.27 bits per heavy atom. The third-order valence-corrected chi connectivity index (χ3v) is 5.18. The van der Waals surface area contributed by atoms with E-state index in [0.717, 1.165) is 11.1 Å². The molecule has 2 N–H and O–H groups in total. The predicted octanol–water partition coefficient (Wildman–Crippen LogP) is 2.19. The summed E-state index contributed by atoms with van der Waals surface area (Å²) in [6.07, 6.45) is 0.452. The molecule has 136 valence electrons. The smallest absolute Gasteiger partial charge is 0.201 e. The molecular formula is C19H18O7. The van der Waals surface area contributed by atoms with Crippen LogP contribution >= 0.6 is 0 Å². The lowest BCUT2D eigenvalue weighted by Crippen LogP contribution is -2.52. The molecule has 26 heavy (non-hydrogen) atoms. The number of carbonyl (C=O) groups is 1. The van der Waals surface area contributed by atoms with Crippen LogP contribution in [0.2, 0.25) is 0 Å². The second kappa shape index (κ2) is 5.45. The summed E-state index contributed by atoms with van der Waals surface area (Å²) in [4.78, 5) is 13.2. The van der Waals surface area contributed by atoms with Gasteiger partial charge in [0.15, 0.2) is 28.8 Å². The van der Waals surface area contributed by atoms with Gasteiger partial charge >= 0.3 is 0 Å². The molecule has 1 aliphatic carbocycles. The van der Waals surface area contributed by atoms with Crippen LogP contribution in [-0.2, 0) is 11.8 Å². The monoisotopic (exact) mass is 358 g/mol. The molecule has 0 aromatic heterocycles. The molecule has 0 saturated heterocycles. The van der Waals surface area contributed by atoms with Crippen LogP contribution in [0, 0.1) is 0 Å². The number of Topliss-reactive ketones (excluding diaryl/α,β-unsaturated/α-hetero) is 1. The number of phenols is 2. The van der Waals surface area contributed by atoms with Gasteiger partial charge in [0.1, 0.15) is 17.9 Å². The SMILES string of the molecule is COc1cc2c(cc1OC)C1(COc3cc(OC)c(O)c(O)c3C1=O)C2. The summed E-state index contributed by atoms with van der Waals surface area (Å²) in [6, 6.07) is 5.02. The third-order valence-electron chi connectivity index (χ3n) is 5.18. The molecule has 0 amide bonds. The van der Waals surface area contributed by atoms with Crippen molar-refractivity contribution in [2.45, 2.75) is 11.8 Å². The molecule has 1 aliphatic heterocycles. The standard InChI is InChI=1S/C19H18O7/c1-23-11-4-9-7-19(10(9)5-12(11)24-2)8-26-13-6-14(25-3)16(20)17(21)15(13)18(19)22/h4-6,20-21H,7-8H2,1-3H3. The van der Waals surface area contributed by atoms with Crippen molar-refractivity contribution in [1.82, 2.24) is 0 Å². The second-order valence-corrected chi connectivity index (χ2v) is 6.39. The van der Waals surface area contributed by atoms with Gasteiger partial charge in [-0.1, -0.05) is 0 Å². The number of hydrogen-bond donors (Lipinski definition) is 2. The van der Waals surface area contributed by atoms with Gasteiger partial charge in [0.05, 0.1) is 26.7 Å². The molecule has 0 bridgehead atoms. The van der Waals surface area contributed by atoms with Gasteiger partial charge in [0, 0.05) is 6.07 Å². The van der Waals surface area contributed by atoms with E-state index < -0.39 is 16.9 Å². The Bertz CT molecular complexity index is 934. The van der Waals surface area contributed by atoms with Crippen LogP contribution in [0.1, 0.15) is 21.5 Å². The zero-order valence-electron chi connectivity index (χ0n) is 14.6. The maximum Gasteiger partial charge on any atom is 0.201 e. The molecule has 2 aliphatic rings. The maximum atomic E-state index is 13.2. The van der Waals surface area contributed by atoms with Gasteiger partial charge in [0.25, 0.3) is 0 Å². The van der Waals surface area contributed by atoms with E-state index in [0.29, 0.717) is 17.9 Å². The minimum absolute atomic E-state index is 0.0324. The highest BCUT2D eigenvalue weighted by molar-refractivity contribution is 6.11. The molecule has 7 nitrogen and oxygen atoms in total. The average molecular weight is 358 g/mol. The Morgan fingerprint density at radius 1 is 0.962 bits per heavy atom. The normalized spacial score (nSPS) is 19.9. The Labute approximate surface area is 149 Å². The molecule has 2 aromatic carbocycles. The highest BCUT2D eigenvalue weighted by atomic mass is 16.5. The van der Waals surface area contributed by atoms with Gasteiger partial charge in [0.2, 0.25) is 5.75 Å². The van der Waals surface area contributed by atoms with Crippen molar-refractivity contribution < 1.29 is 34.0 Å². The summed E-state index contributed by atoms with van der Waals surface area (Å²) in [5.41, 5.74) is 0.788. The van der Waals surface area contributed by atoms with E-state index >= 15 is 0 Å². The molecule has 4 rings (SSSR count). The molecule has 1 heterocycles. The topological polar surface area (TPSA) is 94.5 Å². The van der Waals surface area contributed by atoms with Crippen molar-refractivity contribution in [3.05, 3.63) is 34.9 Å². The molecule has 2 aromatic rings. The summed E-state index contributed by atoms with van der Waals surface area (Å²) >= 11 is 0. The van der Waals surface area contributed by atoms with Crippen molar-refractivity contribution in [3.8, 4) is 34.5 Å². The molecule has 0 radical (unpaired) electrons. The minimum Gasteiger partial charge on any atom is -0.504 e. The van der Waals surface area contributed by atoms with Gasteiger partial charge in [-0.25, -0.2) is 0 Å². The zero-order chi connectivity index (χ0) is 18.6. The number of methoxy groups -OCH3 is 3. The van der Waals surface area contributed by atoms with Gasteiger partial charge in [-0.05, 0) is 29.7 Å². The fraction of sp³-hybridized carbons (Fsp3) is 0.316. The summed E-state index contributed by atoms with van der Waals surface area (Å²) < 4.78 is 21.4. The van der Waals surface area contributed by atoms with Crippen molar-refractivity contribution >= 4 is 5.78 Å². The van der Waals surface area contributed by atoms with Gasteiger partial charge in [-0.3, -0.25) is 4.79 Å². The number of fused-ring (bicyclic) bond motifs is 3. The second-order valence-electron chi connectivity index (χ2n) is 6.39. The lowest BCUT2D eigenvalue weighted by Gasteiger charge is -2.45. The summed E-state index contributed by atoms with van der Waals surface area (Å²) in [5.74, 6) is 0.0483. The Balaban J connectivity index is 1.83. The Hall–Kier alpha value is -3.09. The van der Waals surface area contributed by atoms with E-state index in [-0.39, 0.29) is 29.5 Å². The first-order valence-corrected chi connectivity index (χ1v) is 8.02. The molecule has 1 spiro atoms. The summed E-state index contributed by atoms with van der Waals surface area (Å²) in [7, 11) is 4.44. The highest BCUT2D eigenvalue weighted by Crippen LogP contribution is 2.54. The first-order valence-electron chi connectivity index (χ1n) is 8.02. The van der Waals surface area contributed by atoms with Crippen LogP contribution in [0.15, 0.2) is 18.2 Å². The number of benzene rings is 2. The number of phenolic OH excluding ortho intramolecular Hbond substituents is 2. The summed E-state index contributed by atoms with van der Waals surface area (Å²) in [5, 5.41) is 20.4. The largest absolute Gasteiger partial charge is 0.504 e. The van der Waals surface area contributed by atoms with Crippen LogP contribution in [-0.4, -0.2) is 43.9 Å². The first-order chi connectivity index (χ1) is 12.5. The molecule has 1 atom stereocenters. The zero-order valence-corrected chi connectivity index (χ0v) is 14.6. The Kier molecular flexibility index (Phi) is 3.44. The lowest BCUT2D eigenvalue weighted by molar-refractivity contribution is 0.0721. The molecular weight excluding hydrogens is 340 g/mol. The fourth-order valence-electron chi connectivity index (χ4n) is 3.76. The van der Waals surface area contributed by atoms with Crippen LogP contribution in [0.25, 0.3) is 0 Å². The van der Waals surface area contributed by atoms with Gasteiger partial charge in [-0.2, -0.15) is 0 Å². The van der Waals surface area contributed by atoms with Crippen molar-refractivity contribution in [1.29, 1.82) is 0 Å². The van der Waals surface area contributed by atoms with Gasteiger partial charge in [-0.15, -0.1) is 0 Å². The van der Waals surface area contributed by atoms with E-state index in [1.165, 1.54) is 20.3 Å². The highest BCUT2D eigenvalue weighted by Gasteiger charge is 2.54. The van der Waals surface area contributed by atoms with Crippen molar-refractivity contribution in [2.24, 2.45) is 0 Å². The van der Waals surface area contributed by atoms with Crippen LogP contribution in [0.5, 0.6) is 34.5 Å². The van der Waals surface area contributed by atoms with Crippen molar-refractivity contribution in [2.75, 3.05) is 27.9 Å². The molecule has 0 saturated carbocycles.